The first-order valence-electron chi connectivity index (χ1n) is 9.41. The lowest BCUT2D eigenvalue weighted by atomic mass is 9.68. The van der Waals surface area contributed by atoms with E-state index >= 15 is 0 Å². The van der Waals surface area contributed by atoms with Gasteiger partial charge in [0.2, 0.25) is 0 Å². The van der Waals surface area contributed by atoms with Gasteiger partial charge in [0.15, 0.2) is 0 Å². The van der Waals surface area contributed by atoms with Gasteiger partial charge in [0.05, 0.1) is 6.10 Å². The lowest BCUT2D eigenvalue weighted by molar-refractivity contribution is 0.0383. The molecule has 3 aliphatic carbocycles. The van der Waals surface area contributed by atoms with E-state index in [0.717, 1.165) is 22.4 Å². The van der Waals surface area contributed by atoms with Crippen LogP contribution in [0.15, 0.2) is 18.3 Å². The van der Waals surface area contributed by atoms with Crippen molar-refractivity contribution in [1.29, 1.82) is 0 Å². The number of nitrogens with one attached hydrogen (secondary N) is 1. The molecule has 5 nitrogen and oxygen atoms in total. The topological polar surface area (TPSA) is 68.3 Å². The summed E-state index contributed by atoms with van der Waals surface area (Å²) in [6, 6.07) is 3.84. The van der Waals surface area contributed by atoms with Gasteiger partial charge < -0.3 is 10.1 Å². The molecule has 0 saturated heterocycles. The van der Waals surface area contributed by atoms with E-state index in [4.69, 9.17) is 4.74 Å². The van der Waals surface area contributed by atoms with Crippen molar-refractivity contribution in [2.24, 2.45) is 11.8 Å². The lowest BCUT2D eigenvalue weighted by Gasteiger charge is -2.42. The van der Waals surface area contributed by atoms with Crippen LogP contribution >= 0.6 is 11.3 Å². The monoisotopic (exact) mass is 372 g/mol. The van der Waals surface area contributed by atoms with Gasteiger partial charge in [-0.2, -0.15) is 0 Å². The number of aromatic nitrogens is 1. The standard InChI is InChI=1S/C20H24N2O3S/c1-11(2)25-20(24)18-8-14-10-21-16(9-17(14)26-18)19(23)22-15-7-12-3-5-13(15)6-4-12/h8-13,15H,3-7H2,1-2H3,(H,22,23). The van der Waals surface area contributed by atoms with Gasteiger partial charge in [0, 0.05) is 22.3 Å². The molecule has 138 valence electrons. The highest BCUT2D eigenvalue weighted by Crippen LogP contribution is 2.41. The summed E-state index contributed by atoms with van der Waals surface area (Å²) in [6.45, 7) is 3.65. The van der Waals surface area contributed by atoms with Crippen molar-refractivity contribution in [3.05, 3.63) is 28.9 Å². The molecule has 0 aliphatic heterocycles. The highest BCUT2D eigenvalue weighted by Gasteiger charge is 2.36. The summed E-state index contributed by atoms with van der Waals surface area (Å²) >= 11 is 1.34. The maximum absolute atomic E-state index is 12.7. The largest absolute Gasteiger partial charge is 0.459 e. The van der Waals surface area contributed by atoms with Crippen molar-refractivity contribution in [3.63, 3.8) is 0 Å². The van der Waals surface area contributed by atoms with Crippen molar-refractivity contribution < 1.29 is 14.3 Å². The van der Waals surface area contributed by atoms with Crippen LogP contribution in [0.25, 0.3) is 10.1 Å². The number of hydrogen-bond donors (Lipinski definition) is 1. The van der Waals surface area contributed by atoms with Crippen molar-refractivity contribution >= 4 is 33.3 Å². The van der Waals surface area contributed by atoms with Crippen molar-refractivity contribution in [2.45, 2.75) is 58.1 Å². The molecule has 3 saturated carbocycles. The first-order chi connectivity index (χ1) is 12.5. The Kier molecular flexibility index (Phi) is 4.69. The SMILES string of the molecule is CC(C)OC(=O)c1cc2cnc(C(=O)NC3CC4CCC3CC4)cc2s1. The zero-order valence-electron chi connectivity index (χ0n) is 15.2. The predicted octanol–water partition coefficient (Wildman–Crippen LogP) is 4.17. The minimum Gasteiger partial charge on any atom is -0.459 e. The van der Waals surface area contributed by atoms with Crippen LogP contribution in [0.2, 0.25) is 0 Å². The summed E-state index contributed by atoms with van der Waals surface area (Å²) in [7, 11) is 0. The molecule has 26 heavy (non-hydrogen) atoms. The Morgan fingerprint density at radius 2 is 2.00 bits per heavy atom. The lowest BCUT2D eigenvalue weighted by Crippen LogP contribution is -2.47. The van der Waals surface area contributed by atoms with Gasteiger partial charge in [-0.15, -0.1) is 11.3 Å². The Morgan fingerprint density at radius 1 is 1.23 bits per heavy atom. The van der Waals surface area contributed by atoms with Crippen LogP contribution in [0.3, 0.4) is 0 Å². The maximum atomic E-state index is 12.7. The number of amides is 1. The fourth-order valence-corrected chi connectivity index (χ4v) is 5.18. The average Bonchev–Trinajstić information content (AvgIpc) is 3.05. The van der Waals surface area contributed by atoms with Gasteiger partial charge in [0.25, 0.3) is 5.91 Å². The van der Waals surface area contributed by atoms with Gasteiger partial charge in [-0.1, -0.05) is 12.8 Å². The Labute approximate surface area is 157 Å². The molecule has 2 bridgehead atoms. The third kappa shape index (κ3) is 3.47. The number of nitrogens with zero attached hydrogens (tertiary/aromatic N) is 1. The summed E-state index contributed by atoms with van der Waals surface area (Å²) in [5.74, 6) is 0.953. The summed E-state index contributed by atoms with van der Waals surface area (Å²) in [6.07, 6.45) is 7.70. The molecule has 6 heteroatoms. The first kappa shape index (κ1) is 17.5. The van der Waals surface area contributed by atoms with Crippen LogP contribution in [0.5, 0.6) is 0 Å². The van der Waals surface area contributed by atoms with Crippen molar-refractivity contribution in [2.75, 3.05) is 0 Å². The molecule has 1 N–H and O–H groups in total. The van der Waals surface area contributed by atoms with E-state index in [1.54, 1.807) is 18.3 Å². The molecule has 0 radical (unpaired) electrons. The van der Waals surface area contributed by atoms with Gasteiger partial charge in [-0.05, 0) is 57.1 Å². The number of ether oxygens (including phenoxy) is 1. The zero-order chi connectivity index (χ0) is 18.3. The zero-order valence-corrected chi connectivity index (χ0v) is 16.0. The molecular formula is C20H24N2O3S. The number of rotatable bonds is 4. The van der Waals surface area contributed by atoms with Gasteiger partial charge in [-0.25, -0.2) is 4.79 Å². The van der Waals surface area contributed by atoms with Crippen molar-refractivity contribution in [1.82, 2.24) is 10.3 Å². The van der Waals surface area contributed by atoms with Crippen LogP contribution in [0, 0.1) is 11.8 Å². The van der Waals surface area contributed by atoms with E-state index < -0.39 is 0 Å². The van der Waals surface area contributed by atoms with Gasteiger partial charge >= 0.3 is 5.97 Å². The third-order valence-electron chi connectivity index (χ3n) is 5.54. The number of carbonyl (C=O) groups excluding carboxylic acids is 2. The smallest absolute Gasteiger partial charge is 0.348 e. The molecule has 2 aromatic rings. The number of pyridine rings is 1. The van der Waals surface area contributed by atoms with Crippen LogP contribution in [-0.4, -0.2) is 29.0 Å². The number of thiophene rings is 1. The number of hydrogen-bond acceptors (Lipinski definition) is 5. The molecule has 0 aromatic carbocycles. The predicted molar refractivity (Wildman–Crippen MR) is 101 cm³/mol. The Bertz CT molecular complexity index is 837. The number of carbonyl (C=O) groups is 2. The second-order valence-corrected chi connectivity index (χ2v) is 8.85. The van der Waals surface area contributed by atoms with E-state index in [9.17, 15) is 9.59 Å². The Morgan fingerprint density at radius 3 is 2.65 bits per heavy atom. The summed E-state index contributed by atoms with van der Waals surface area (Å²) < 4.78 is 6.12. The average molecular weight is 372 g/mol. The van der Waals surface area contributed by atoms with Crippen LogP contribution in [0.1, 0.15) is 66.1 Å². The highest BCUT2D eigenvalue weighted by molar-refractivity contribution is 7.20. The first-order valence-corrected chi connectivity index (χ1v) is 10.2. The number of fused-ring (bicyclic) bond motifs is 4. The molecular weight excluding hydrogens is 348 g/mol. The van der Waals surface area contributed by atoms with E-state index in [1.165, 1.54) is 37.0 Å². The third-order valence-corrected chi connectivity index (χ3v) is 6.62. The number of esters is 1. The molecule has 1 unspecified atom stereocenters. The molecule has 3 aliphatic rings. The molecule has 2 heterocycles. The Hall–Kier alpha value is -1.95. The molecule has 1 atom stereocenters. The van der Waals surface area contributed by atoms with E-state index in [1.807, 2.05) is 13.8 Å². The second-order valence-electron chi connectivity index (χ2n) is 7.77. The van der Waals surface area contributed by atoms with Crippen molar-refractivity contribution in [3.8, 4) is 0 Å². The minimum atomic E-state index is -0.328. The van der Waals surface area contributed by atoms with Crippen LogP contribution < -0.4 is 5.32 Å². The quantitative estimate of drug-likeness (QED) is 0.818. The molecule has 1 amide bonds. The maximum Gasteiger partial charge on any atom is 0.348 e. The highest BCUT2D eigenvalue weighted by atomic mass is 32.1. The fraction of sp³-hybridized carbons (Fsp3) is 0.550. The second kappa shape index (κ2) is 6.99. The van der Waals surface area contributed by atoms with Gasteiger partial charge in [-0.3, -0.25) is 9.78 Å². The summed E-state index contributed by atoms with van der Waals surface area (Å²) in [4.78, 5) is 29.6. The van der Waals surface area contributed by atoms with Gasteiger partial charge in [0.1, 0.15) is 10.6 Å². The van der Waals surface area contributed by atoms with E-state index in [2.05, 4.69) is 10.3 Å². The normalized spacial score (nSPS) is 24.8. The fourth-order valence-electron chi connectivity index (χ4n) is 4.23. The molecule has 2 aromatic heterocycles. The summed E-state index contributed by atoms with van der Waals surface area (Å²) in [5.41, 5.74) is 0.421. The van der Waals surface area contributed by atoms with E-state index in [0.29, 0.717) is 16.5 Å². The summed E-state index contributed by atoms with van der Waals surface area (Å²) in [5, 5.41) is 4.06. The molecule has 5 rings (SSSR count). The van der Waals surface area contributed by atoms with E-state index in [-0.39, 0.29) is 24.0 Å². The molecule has 0 spiro atoms. The minimum absolute atomic E-state index is 0.107. The van der Waals surface area contributed by atoms with Crippen LogP contribution in [0.4, 0.5) is 0 Å². The Balaban J connectivity index is 1.49. The molecule has 3 fully saturated rings. The van der Waals surface area contributed by atoms with Crippen LogP contribution in [-0.2, 0) is 4.74 Å².